The van der Waals surface area contributed by atoms with Gasteiger partial charge in [-0.05, 0) is 80.9 Å². The van der Waals surface area contributed by atoms with E-state index in [2.05, 4.69) is 0 Å². The summed E-state index contributed by atoms with van der Waals surface area (Å²) < 4.78 is 59.4. The molecule has 0 aliphatic heterocycles. The molecular weight excluding hydrogens is 445 g/mol. The first-order valence-corrected chi connectivity index (χ1v) is 12.2. The number of methoxy groups -OCH3 is 2. The minimum atomic E-state index is -1.07. The van der Waals surface area contributed by atoms with Crippen molar-refractivity contribution < 1.29 is 32.2 Å². The van der Waals surface area contributed by atoms with Crippen molar-refractivity contribution in [2.75, 3.05) is 14.2 Å². The number of hydrogen-bond donors (Lipinski definition) is 0. The van der Waals surface area contributed by atoms with Crippen LogP contribution in [0.2, 0.25) is 0 Å². The maximum absolute atomic E-state index is 14.8. The Kier molecular flexibility index (Phi) is 8.14. The van der Waals surface area contributed by atoms with Crippen LogP contribution in [0, 0.1) is 23.7 Å². The van der Waals surface area contributed by atoms with Gasteiger partial charge < -0.3 is 14.2 Å². The molecular formula is C27H33F3O4. The maximum Gasteiger partial charge on any atom is 0.314 e. The molecule has 1 saturated carbocycles. The quantitative estimate of drug-likeness (QED) is 0.320. The summed E-state index contributed by atoms with van der Waals surface area (Å²) in [6.07, 6.45) is 13.2. The Bertz CT molecular complexity index is 924. The van der Waals surface area contributed by atoms with Crippen molar-refractivity contribution in [1.29, 1.82) is 0 Å². The van der Waals surface area contributed by atoms with Crippen molar-refractivity contribution in [3.05, 3.63) is 59.2 Å². The summed E-state index contributed by atoms with van der Waals surface area (Å²) in [5.74, 6) is -3.88. The molecule has 0 spiro atoms. The van der Waals surface area contributed by atoms with E-state index in [1.165, 1.54) is 13.2 Å². The Hall–Kier alpha value is -2.12. The predicted octanol–water partition coefficient (Wildman–Crippen LogP) is 6.57. The van der Waals surface area contributed by atoms with Gasteiger partial charge in [0.1, 0.15) is 17.8 Å². The van der Waals surface area contributed by atoms with Crippen molar-refractivity contribution in [2.45, 2.75) is 63.6 Å². The van der Waals surface area contributed by atoms with Crippen LogP contribution >= 0.6 is 0 Å². The lowest BCUT2D eigenvalue weighted by Gasteiger charge is -2.31. The normalized spacial score (nSPS) is 34.3. The number of ether oxygens (including phenoxy) is 3. The highest BCUT2D eigenvalue weighted by Gasteiger charge is 2.36. The summed E-state index contributed by atoms with van der Waals surface area (Å²) in [4.78, 5) is 12.7. The van der Waals surface area contributed by atoms with Crippen LogP contribution in [0.4, 0.5) is 13.2 Å². The van der Waals surface area contributed by atoms with Gasteiger partial charge in [-0.1, -0.05) is 18.2 Å². The smallest absolute Gasteiger partial charge is 0.314 e. The lowest BCUT2D eigenvalue weighted by molar-refractivity contribution is -0.145. The van der Waals surface area contributed by atoms with Gasteiger partial charge in [-0.15, -0.1) is 0 Å². The van der Waals surface area contributed by atoms with E-state index in [0.717, 1.165) is 24.8 Å². The van der Waals surface area contributed by atoms with Crippen LogP contribution < -0.4 is 0 Å². The third-order valence-corrected chi connectivity index (χ3v) is 7.69. The molecule has 0 bridgehead atoms. The average Bonchev–Trinajstić information content (AvgIpc) is 2.87. The molecule has 4 rings (SSSR count). The van der Waals surface area contributed by atoms with E-state index < -0.39 is 29.6 Å². The second-order valence-electron chi connectivity index (χ2n) is 9.64. The van der Waals surface area contributed by atoms with Gasteiger partial charge in [0.25, 0.3) is 0 Å². The first kappa shape index (κ1) is 25.0. The summed E-state index contributed by atoms with van der Waals surface area (Å²) in [6, 6.07) is 0. The summed E-state index contributed by atoms with van der Waals surface area (Å²) in [5.41, 5.74) is 0.947. The highest BCUT2D eigenvalue weighted by Crippen LogP contribution is 2.42. The molecule has 4 nitrogen and oxygen atoms in total. The number of carbonyl (C=O) groups is 1. The monoisotopic (exact) mass is 478 g/mol. The number of esters is 1. The minimum absolute atomic E-state index is 0.0191. The van der Waals surface area contributed by atoms with Gasteiger partial charge >= 0.3 is 5.97 Å². The highest BCUT2D eigenvalue weighted by atomic mass is 19.2. The molecule has 34 heavy (non-hydrogen) atoms. The molecule has 4 unspecified atom stereocenters. The SMILES string of the molecule is COC1C=CC(C2CC=C(OC(=O)C3CCC(C4=CCC(OC)C(F)=C4)CC3)C(F)=C2F)CC1. The fourth-order valence-electron chi connectivity index (χ4n) is 5.52. The number of rotatable bonds is 6. The van der Waals surface area contributed by atoms with Gasteiger partial charge in [-0.2, -0.15) is 4.39 Å². The molecule has 4 aliphatic carbocycles. The Morgan fingerprint density at radius 3 is 2.29 bits per heavy atom. The largest absolute Gasteiger partial charge is 0.423 e. The fourth-order valence-corrected chi connectivity index (χ4v) is 5.52. The molecule has 7 heteroatoms. The van der Waals surface area contributed by atoms with Gasteiger partial charge in [0, 0.05) is 20.1 Å². The topological polar surface area (TPSA) is 44.8 Å². The molecule has 0 amide bonds. The summed E-state index contributed by atoms with van der Waals surface area (Å²) >= 11 is 0. The van der Waals surface area contributed by atoms with Crippen LogP contribution in [0.3, 0.4) is 0 Å². The molecule has 4 atom stereocenters. The average molecular weight is 479 g/mol. The van der Waals surface area contributed by atoms with Crippen molar-refractivity contribution in [2.24, 2.45) is 23.7 Å². The van der Waals surface area contributed by atoms with E-state index in [1.54, 1.807) is 13.2 Å². The van der Waals surface area contributed by atoms with Crippen LogP contribution in [0.15, 0.2) is 59.2 Å². The standard InChI is InChI=1S/C27H33F3O4/c1-32-20-10-7-17(8-11-20)21-12-14-24(26(30)25(21)29)34-27(31)18-5-3-16(4-6-18)19-9-13-23(33-2)22(28)15-19/h7,9-10,14-18,20-21,23H,3-6,8,11-13H2,1-2H3. The molecule has 4 aliphatic rings. The molecule has 1 fully saturated rings. The summed E-state index contributed by atoms with van der Waals surface area (Å²) in [6.45, 7) is 0. The molecule has 0 aromatic carbocycles. The van der Waals surface area contributed by atoms with E-state index in [0.29, 0.717) is 25.7 Å². The van der Waals surface area contributed by atoms with Gasteiger partial charge in [-0.3, -0.25) is 4.79 Å². The van der Waals surface area contributed by atoms with E-state index in [9.17, 15) is 18.0 Å². The third-order valence-electron chi connectivity index (χ3n) is 7.69. The minimum Gasteiger partial charge on any atom is -0.423 e. The molecule has 0 aromatic heterocycles. The number of allylic oxidation sites excluding steroid dienone is 6. The zero-order valence-electron chi connectivity index (χ0n) is 19.8. The second kappa shape index (κ2) is 11.1. The van der Waals surface area contributed by atoms with Crippen molar-refractivity contribution in [1.82, 2.24) is 0 Å². The predicted molar refractivity (Wildman–Crippen MR) is 122 cm³/mol. The van der Waals surface area contributed by atoms with E-state index in [4.69, 9.17) is 14.2 Å². The maximum atomic E-state index is 14.8. The van der Waals surface area contributed by atoms with Crippen LogP contribution in [0.25, 0.3) is 0 Å². The molecule has 0 radical (unpaired) electrons. The zero-order chi connectivity index (χ0) is 24.2. The van der Waals surface area contributed by atoms with Gasteiger partial charge in [0.2, 0.25) is 0 Å². The number of hydrogen-bond acceptors (Lipinski definition) is 4. The second-order valence-corrected chi connectivity index (χ2v) is 9.64. The fraction of sp³-hybridized carbons (Fsp3) is 0.593. The third kappa shape index (κ3) is 5.41. The lowest BCUT2D eigenvalue weighted by Crippen LogP contribution is -2.26. The molecule has 0 heterocycles. The van der Waals surface area contributed by atoms with E-state index >= 15 is 0 Å². The lowest BCUT2D eigenvalue weighted by atomic mass is 9.77. The Morgan fingerprint density at radius 1 is 0.912 bits per heavy atom. The highest BCUT2D eigenvalue weighted by molar-refractivity contribution is 5.74. The summed E-state index contributed by atoms with van der Waals surface area (Å²) in [7, 11) is 3.12. The van der Waals surface area contributed by atoms with Crippen molar-refractivity contribution >= 4 is 5.97 Å². The Balaban J connectivity index is 1.30. The molecule has 0 saturated heterocycles. The number of halogens is 3. The zero-order valence-corrected chi connectivity index (χ0v) is 19.8. The molecule has 0 N–H and O–H groups in total. The first-order chi connectivity index (χ1) is 16.4. The van der Waals surface area contributed by atoms with Crippen LogP contribution in [0.5, 0.6) is 0 Å². The summed E-state index contributed by atoms with van der Waals surface area (Å²) in [5, 5.41) is 0. The first-order valence-electron chi connectivity index (χ1n) is 12.2. The van der Waals surface area contributed by atoms with Gasteiger partial charge in [0.15, 0.2) is 11.6 Å². The van der Waals surface area contributed by atoms with Gasteiger partial charge in [0.05, 0.1) is 12.0 Å². The van der Waals surface area contributed by atoms with Crippen molar-refractivity contribution in [3.63, 3.8) is 0 Å². The molecule has 0 aromatic rings. The van der Waals surface area contributed by atoms with Gasteiger partial charge in [-0.25, -0.2) is 8.78 Å². The molecule has 186 valence electrons. The van der Waals surface area contributed by atoms with E-state index in [1.807, 2.05) is 18.2 Å². The van der Waals surface area contributed by atoms with Crippen LogP contribution in [0.1, 0.15) is 51.4 Å². The van der Waals surface area contributed by atoms with Crippen LogP contribution in [-0.2, 0) is 19.0 Å². The van der Waals surface area contributed by atoms with E-state index in [-0.39, 0.29) is 41.9 Å². The Labute approximate surface area is 199 Å². The Morgan fingerprint density at radius 2 is 1.68 bits per heavy atom. The van der Waals surface area contributed by atoms with Crippen LogP contribution in [-0.4, -0.2) is 32.4 Å². The van der Waals surface area contributed by atoms with Crippen molar-refractivity contribution in [3.8, 4) is 0 Å². The number of carbonyl (C=O) groups excluding carboxylic acids is 1.